The SMILES string of the molecule is CCCCO[C@@]12C[C@@H]3[C@@H](NC(=O)c4ccc(Br)n43)[C@@H]1NC(=O)N2C. The third kappa shape index (κ3) is 1.99. The number of carbonyl (C=O) groups excluding carboxylic acids is 2. The highest BCUT2D eigenvalue weighted by Crippen LogP contribution is 2.48. The number of nitrogens with zero attached hydrogens (tertiary/aromatic N) is 2. The summed E-state index contributed by atoms with van der Waals surface area (Å²) in [5, 5.41) is 6.09. The number of fused-ring (bicyclic) bond motifs is 5. The summed E-state index contributed by atoms with van der Waals surface area (Å²) in [7, 11) is 1.77. The van der Waals surface area contributed by atoms with Crippen LogP contribution < -0.4 is 10.6 Å². The average Bonchev–Trinajstić information content (AvgIpc) is 3.15. The van der Waals surface area contributed by atoms with Crippen LogP contribution in [0.25, 0.3) is 0 Å². The molecule has 4 atom stereocenters. The predicted molar refractivity (Wildman–Crippen MR) is 90.7 cm³/mol. The minimum atomic E-state index is -0.722. The molecule has 3 heterocycles. The summed E-state index contributed by atoms with van der Waals surface area (Å²) < 4.78 is 9.15. The number of carbonyl (C=O) groups is 2. The minimum absolute atomic E-state index is 0.0387. The maximum Gasteiger partial charge on any atom is 0.319 e. The second-order valence-corrected chi connectivity index (χ2v) is 7.53. The van der Waals surface area contributed by atoms with Crippen molar-refractivity contribution in [3.8, 4) is 0 Å². The third-order valence-electron chi connectivity index (χ3n) is 5.49. The fourth-order valence-electron chi connectivity index (χ4n) is 4.25. The molecule has 2 fully saturated rings. The van der Waals surface area contributed by atoms with Gasteiger partial charge in [0.25, 0.3) is 5.91 Å². The molecule has 1 aromatic rings. The molecule has 130 valence electrons. The predicted octanol–water partition coefficient (Wildman–Crippen LogP) is 1.84. The molecular weight excluding hydrogens is 376 g/mol. The Morgan fingerprint density at radius 1 is 1.38 bits per heavy atom. The first-order chi connectivity index (χ1) is 11.5. The van der Waals surface area contributed by atoms with Gasteiger partial charge in [-0.2, -0.15) is 0 Å². The number of aromatic nitrogens is 1. The molecule has 1 saturated heterocycles. The Kier molecular flexibility index (Phi) is 3.65. The van der Waals surface area contributed by atoms with Gasteiger partial charge in [0.2, 0.25) is 0 Å². The van der Waals surface area contributed by atoms with Crippen LogP contribution >= 0.6 is 15.9 Å². The van der Waals surface area contributed by atoms with Gasteiger partial charge in [-0.15, -0.1) is 0 Å². The van der Waals surface area contributed by atoms with E-state index in [9.17, 15) is 9.59 Å². The lowest BCUT2D eigenvalue weighted by molar-refractivity contribution is -0.118. The van der Waals surface area contributed by atoms with E-state index < -0.39 is 5.72 Å². The highest BCUT2D eigenvalue weighted by molar-refractivity contribution is 9.10. The van der Waals surface area contributed by atoms with Crippen LogP contribution in [0.15, 0.2) is 16.7 Å². The van der Waals surface area contributed by atoms with E-state index in [1.807, 2.05) is 16.7 Å². The van der Waals surface area contributed by atoms with Gasteiger partial charge in [-0.3, -0.25) is 9.69 Å². The van der Waals surface area contributed by atoms with Crippen molar-refractivity contribution < 1.29 is 14.3 Å². The number of hydrogen-bond acceptors (Lipinski definition) is 3. The maximum atomic E-state index is 12.4. The summed E-state index contributed by atoms with van der Waals surface area (Å²) in [6.07, 6.45) is 2.61. The second kappa shape index (κ2) is 5.49. The first-order valence-electron chi connectivity index (χ1n) is 8.35. The van der Waals surface area contributed by atoms with Crippen molar-refractivity contribution in [3.63, 3.8) is 0 Å². The molecule has 0 aromatic carbocycles. The Morgan fingerprint density at radius 3 is 2.92 bits per heavy atom. The average molecular weight is 397 g/mol. The monoisotopic (exact) mass is 396 g/mol. The zero-order chi connectivity index (χ0) is 17.1. The van der Waals surface area contributed by atoms with Gasteiger partial charge in [-0.1, -0.05) is 13.3 Å². The summed E-state index contributed by atoms with van der Waals surface area (Å²) in [5.74, 6) is -0.116. The van der Waals surface area contributed by atoms with E-state index in [0.717, 1.165) is 17.4 Å². The van der Waals surface area contributed by atoms with Gasteiger partial charge in [0.05, 0.1) is 16.7 Å². The Balaban J connectivity index is 1.73. The number of nitrogens with one attached hydrogen (secondary N) is 2. The highest BCUT2D eigenvalue weighted by atomic mass is 79.9. The number of unbranched alkanes of at least 4 members (excludes halogenated alkanes) is 1. The summed E-state index contributed by atoms with van der Waals surface area (Å²) in [4.78, 5) is 26.3. The van der Waals surface area contributed by atoms with Crippen LogP contribution in [0, 0.1) is 0 Å². The van der Waals surface area contributed by atoms with Crippen molar-refractivity contribution >= 4 is 27.9 Å². The number of hydrogen-bond donors (Lipinski definition) is 2. The number of urea groups is 1. The third-order valence-corrected chi connectivity index (χ3v) is 6.14. The summed E-state index contributed by atoms with van der Waals surface area (Å²) in [6.45, 7) is 2.71. The van der Waals surface area contributed by atoms with E-state index in [-0.39, 0.29) is 30.1 Å². The molecule has 0 unspecified atom stereocenters. The molecule has 7 nitrogen and oxygen atoms in total. The molecule has 2 N–H and O–H groups in total. The smallest absolute Gasteiger partial charge is 0.319 e. The van der Waals surface area contributed by atoms with Gasteiger partial charge in [0.1, 0.15) is 11.7 Å². The molecule has 1 saturated carbocycles. The molecule has 2 aliphatic heterocycles. The first-order valence-corrected chi connectivity index (χ1v) is 9.15. The zero-order valence-corrected chi connectivity index (χ0v) is 15.3. The molecule has 24 heavy (non-hydrogen) atoms. The molecule has 0 bridgehead atoms. The van der Waals surface area contributed by atoms with Crippen molar-refractivity contribution in [2.45, 2.75) is 50.0 Å². The largest absolute Gasteiger partial charge is 0.353 e. The molecule has 8 heteroatoms. The van der Waals surface area contributed by atoms with Crippen LogP contribution in [0.3, 0.4) is 0 Å². The maximum absolute atomic E-state index is 12.4. The van der Waals surface area contributed by atoms with Gasteiger partial charge in [0, 0.05) is 20.1 Å². The van der Waals surface area contributed by atoms with Gasteiger partial charge in [0.15, 0.2) is 5.72 Å². The molecule has 1 aromatic heterocycles. The van der Waals surface area contributed by atoms with Gasteiger partial charge in [-0.25, -0.2) is 4.79 Å². The molecule has 0 radical (unpaired) electrons. The van der Waals surface area contributed by atoms with E-state index in [1.54, 1.807) is 11.9 Å². The lowest BCUT2D eigenvalue weighted by Gasteiger charge is -2.34. The van der Waals surface area contributed by atoms with Crippen LogP contribution in [0.1, 0.15) is 42.7 Å². The normalized spacial score (nSPS) is 33.8. The molecule has 4 rings (SSSR count). The van der Waals surface area contributed by atoms with Gasteiger partial charge >= 0.3 is 6.03 Å². The van der Waals surface area contributed by atoms with Crippen LogP contribution in [0.2, 0.25) is 0 Å². The van der Waals surface area contributed by atoms with Crippen molar-refractivity contribution in [2.24, 2.45) is 0 Å². The van der Waals surface area contributed by atoms with Crippen LogP contribution in [0.5, 0.6) is 0 Å². The lowest BCUT2D eigenvalue weighted by atomic mass is 10.0. The number of halogens is 1. The number of amides is 3. The molecule has 0 spiro atoms. The van der Waals surface area contributed by atoms with Gasteiger partial charge in [-0.05, 0) is 34.5 Å². The topological polar surface area (TPSA) is 75.6 Å². The Morgan fingerprint density at radius 2 is 2.17 bits per heavy atom. The van der Waals surface area contributed by atoms with Gasteiger partial charge < -0.3 is 19.9 Å². The molecular formula is C16H21BrN4O3. The standard InChI is InChI=1S/C16H21BrN4O3/c1-3-4-7-24-16-8-10-12(13(16)19-15(23)20(16)2)18-14(22)9-5-6-11(17)21(9)10/h5-6,10,12-13H,3-4,7-8H2,1-2H3,(H,18,22)(H,19,23)/t10-,12-,13+,16+/m1/s1. The minimum Gasteiger partial charge on any atom is -0.353 e. The number of likely N-dealkylation sites (N-methyl/N-ethyl adjacent to an activating group) is 1. The lowest BCUT2D eigenvalue weighted by Crippen LogP contribution is -2.57. The van der Waals surface area contributed by atoms with E-state index in [4.69, 9.17) is 4.74 Å². The number of ether oxygens (including phenoxy) is 1. The summed E-state index contributed by atoms with van der Waals surface area (Å²) in [5.41, 5.74) is -0.0824. The summed E-state index contributed by atoms with van der Waals surface area (Å²) in [6, 6.07) is 3.14. The van der Waals surface area contributed by atoms with Crippen LogP contribution in [-0.2, 0) is 4.74 Å². The van der Waals surface area contributed by atoms with Crippen molar-refractivity contribution in [1.29, 1.82) is 0 Å². The highest BCUT2D eigenvalue weighted by Gasteiger charge is 2.65. The van der Waals surface area contributed by atoms with Crippen LogP contribution in [0.4, 0.5) is 4.79 Å². The van der Waals surface area contributed by atoms with E-state index in [2.05, 4.69) is 33.5 Å². The Bertz CT molecular complexity index is 705. The quantitative estimate of drug-likeness (QED) is 0.762. The fraction of sp³-hybridized carbons (Fsp3) is 0.625. The fourth-order valence-corrected chi connectivity index (χ4v) is 4.83. The van der Waals surface area contributed by atoms with Crippen LogP contribution in [-0.4, -0.2) is 52.9 Å². The Hall–Kier alpha value is -1.54. The van der Waals surface area contributed by atoms with Crippen molar-refractivity contribution in [2.75, 3.05) is 13.7 Å². The zero-order valence-electron chi connectivity index (χ0n) is 13.7. The van der Waals surface area contributed by atoms with E-state index in [1.165, 1.54) is 0 Å². The molecule has 3 aliphatic rings. The Labute approximate surface area is 148 Å². The van der Waals surface area contributed by atoms with Crippen molar-refractivity contribution in [3.05, 3.63) is 22.4 Å². The van der Waals surface area contributed by atoms with E-state index in [0.29, 0.717) is 18.7 Å². The van der Waals surface area contributed by atoms with E-state index >= 15 is 0 Å². The molecule has 3 amide bonds. The summed E-state index contributed by atoms with van der Waals surface area (Å²) >= 11 is 3.55. The van der Waals surface area contributed by atoms with Crippen molar-refractivity contribution in [1.82, 2.24) is 20.1 Å². The molecule has 1 aliphatic carbocycles. The number of rotatable bonds is 4. The first kappa shape index (κ1) is 16.0. The second-order valence-electron chi connectivity index (χ2n) is 6.72.